The lowest BCUT2D eigenvalue weighted by molar-refractivity contribution is 0.212. The Bertz CT molecular complexity index is 1350. The lowest BCUT2D eigenvalue weighted by Gasteiger charge is -2.28. The SMILES string of the molecule is Cc1nc(-c2ccc(NC(=O)N(C)C(c3cccc(F)c3)c3cnn(C)c3)cc2)cc(=O)[nH]1. The van der Waals surface area contributed by atoms with Gasteiger partial charge in [0.1, 0.15) is 11.6 Å². The second kappa shape index (κ2) is 9.07. The minimum atomic E-state index is -0.531. The molecule has 1 atom stereocenters. The lowest BCUT2D eigenvalue weighted by Crippen LogP contribution is -2.35. The van der Waals surface area contributed by atoms with E-state index in [2.05, 4.69) is 20.4 Å². The number of H-pyrrole nitrogens is 1. The normalized spacial score (nSPS) is 11.8. The summed E-state index contributed by atoms with van der Waals surface area (Å²) in [5.41, 5.74) is 3.03. The van der Waals surface area contributed by atoms with Gasteiger partial charge >= 0.3 is 6.03 Å². The molecule has 168 valence electrons. The summed E-state index contributed by atoms with van der Waals surface area (Å²) >= 11 is 0. The first-order valence-corrected chi connectivity index (χ1v) is 10.3. The minimum Gasteiger partial charge on any atom is -0.316 e. The number of carbonyl (C=O) groups is 1. The van der Waals surface area contributed by atoms with E-state index in [1.165, 1.54) is 23.1 Å². The van der Waals surface area contributed by atoms with Crippen LogP contribution in [0.15, 0.2) is 71.8 Å². The predicted molar refractivity (Wildman–Crippen MR) is 123 cm³/mol. The van der Waals surface area contributed by atoms with Crippen LogP contribution in [-0.4, -0.2) is 37.7 Å². The van der Waals surface area contributed by atoms with Gasteiger partial charge in [0.25, 0.3) is 5.56 Å². The molecule has 0 fully saturated rings. The molecule has 0 aliphatic carbocycles. The highest BCUT2D eigenvalue weighted by Gasteiger charge is 2.25. The third-order valence-electron chi connectivity index (χ3n) is 5.20. The topological polar surface area (TPSA) is 95.9 Å². The van der Waals surface area contributed by atoms with Gasteiger partial charge in [-0.2, -0.15) is 5.10 Å². The Kier molecular flexibility index (Phi) is 6.03. The summed E-state index contributed by atoms with van der Waals surface area (Å²) in [5, 5.41) is 7.06. The molecule has 2 aromatic carbocycles. The van der Waals surface area contributed by atoms with Crippen molar-refractivity contribution in [2.45, 2.75) is 13.0 Å². The van der Waals surface area contributed by atoms with Gasteiger partial charge in [0.15, 0.2) is 0 Å². The molecule has 33 heavy (non-hydrogen) atoms. The summed E-state index contributed by atoms with van der Waals surface area (Å²) in [6, 6.07) is 13.7. The van der Waals surface area contributed by atoms with Crippen molar-refractivity contribution in [2.75, 3.05) is 12.4 Å². The fraction of sp³-hybridized carbons (Fsp3) is 0.167. The largest absolute Gasteiger partial charge is 0.322 e. The zero-order chi connectivity index (χ0) is 23.5. The molecule has 2 heterocycles. The van der Waals surface area contributed by atoms with Gasteiger partial charge in [-0.3, -0.25) is 9.48 Å². The molecule has 0 aliphatic rings. The van der Waals surface area contributed by atoms with Gasteiger partial charge in [-0.25, -0.2) is 14.2 Å². The number of urea groups is 1. The predicted octanol–water partition coefficient (Wildman–Crippen LogP) is 3.87. The zero-order valence-electron chi connectivity index (χ0n) is 18.4. The summed E-state index contributed by atoms with van der Waals surface area (Å²) in [6.45, 7) is 1.71. The van der Waals surface area contributed by atoms with Crippen molar-refractivity contribution in [3.05, 3.63) is 100 Å². The van der Waals surface area contributed by atoms with Crippen LogP contribution in [0, 0.1) is 12.7 Å². The van der Waals surface area contributed by atoms with E-state index in [-0.39, 0.29) is 17.4 Å². The van der Waals surface area contributed by atoms with Crippen LogP contribution < -0.4 is 10.9 Å². The van der Waals surface area contributed by atoms with Gasteiger partial charge in [0.2, 0.25) is 0 Å². The Morgan fingerprint density at radius 3 is 2.55 bits per heavy atom. The number of carbonyl (C=O) groups excluding carboxylic acids is 1. The average Bonchev–Trinajstić information content (AvgIpc) is 3.19. The molecule has 2 N–H and O–H groups in total. The molecule has 4 rings (SSSR count). The lowest BCUT2D eigenvalue weighted by atomic mass is 10.0. The third-order valence-corrected chi connectivity index (χ3v) is 5.20. The van der Waals surface area contributed by atoms with Gasteiger partial charge in [0, 0.05) is 43.2 Å². The summed E-state index contributed by atoms with van der Waals surface area (Å²) in [7, 11) is 3.43. The molecule has 4 aromatic rings. The monoisotopic (exact) mass is 446 g/mol. The number of hydrogen-bond donors (Lipinski definition) is 2. The second-order valence-corrected chi connectivity index (χ2v) is 7.74. The number of aryl methyl sites for hydroxylation is 2. The van der Waals surface area contributed by atoms with Gasteiger partial charge in [-0.1, -0.05) is 24.3 Å². The van der Waals surface area contributed by atoms with E-state index >= 15 is 0 Å². The number of nitrogens with zero attached hydrogens (tertiary/aromatic N) is 4. The molecule has 0 spiro atoms. The molecule has 0 bridgehead atoms. The minimum absolute atomic E-state index is 0.227. The van der Waals surface area contributed by atoms with Crippen LogP contribution in [0.3, 0.4) is 0 Å². The average molecular weight is 446 g/mol. The van der Waals surface area contributed by atoms with Crippen LogP contribution in [0.4, 0.5) is 14.9 Å². The van der Waals surface area contributed by atoms with Crippen LogP contribution in [-0.2, 0) is 7.05 Å². The van der Waals surface area contributed by atoms with Crippen LogP contribution in [0.2, 0.25) is 0 Å². The zero-order valence-corrected chi connectivity index (χ0v) is 18.4. The molecule has 2 amide bonds. The van der Waals surface area contributed by atoms with Crippen molar-refractivity contribution in [1.29, 1.82) is 0 Å². The Morgan fingerprint density at radius 1 is 1.15 bits per heavy atom. The Morgan fingerprint density at radius 2 is 1.91 bits per heavy atom. The molecule has 0 saturated heterocycles. The van der Waals surface area contributed by atoms with Crippen LogP contribution in [0.5, 0.6) is 0 Å². The third kappa shape index (κ3) is 4.98. The number of nitrogens with one attached hydrogen (secondary N) is 2. The fourth-order valence-corrected chi connectivity index (χ4v) is 3.68. The number of rotatable bonds is 5. The smallest absolute Gasteiger partial charge is 0.316 e. The van der Waals surface area contributed by atoms with E-state index in [1.54, 1.807) is 74.5 Å². The highest BCUT2D eigenvalue weighted by Crippen LogP contribution is 2.28. The van der Waals surface area contributed by atoms with E-state index in [0.29, 0.717) is 22.8 Å². The number of anilines is 1. The molecular formula is C24H23FN6O2. The second-order valence-electron chi connectivity index (χ2n) is 7.74. The maximum atomic E-state index is 13.9. The Hall–Kier alpha value is -4.27. The van der Waals surface area contributed by atoms with Crippen molar-refractivity contribution >= 4 is 11.7 Å². The fourth-order valence-electron chi connectivity index (χ4n) is 3.68. The van der Waals surface area contributed by atoms with Crippen molar-refractivity contribution < 1.29 is 9.18 Å². The molecule has 9 heteroatoms. The van der Waals surface area contributed by atoms with Gasteiger partial charge < -0.3 is 15.2 Å². The maximum absolute atomic E-state index is 13.9. The summed E-state index contributed by atoms with van der Waals surface area (Å²) in [6.07, 6.45) is 3.45. The van der Waals surface area contributed by atoms with E-state index < -0.39 is 6.04 Å². The highest BCUT2D eigenvalue weighted by atomic mass is 19.1. The molecule has 0 radical (unpaired) electrons. The molecule has 8 nitrogen and oxygen atoms in total. The van der Waals surface area contributed by atoms with Gasteiger partial charge in [-0.15, -0.1) is 0 Å². The van der Waals surface area contributed by atoms with Crippen molar-refractivity contribution in [2.24, 2.45) is 7.05 Å². The standard InChI is InChI=1S/C24H23FN6O2/c1-15-27-21(12-22(32)28-15)16-7-9-20(10-8-16)29-24(33)31(3)23(18-13-26-30(2)14-18)17-5-4-6-19(25)11-17/h4-14,23H,1-3H3,(H,29,33)(H,27,28,32). The number of benzene rings is 2. The van der Waals surface area contributed by atoms with E-state index in [0.717, 1.165) is 11.1 Å². The van der Waals surface area contributed by atoms with E-state index in [9.17, 15) is 14.0 Å². The summed E-state index contributed by atoms with van der Waals surface area (Å²) < 4.78 is 15.6. The number of hydrogen-bond acceptors (Lipinski definition) is 4. The molecule has 1 unspecified atom stereocenters. The first kappa shape index (κ1) is 21.9. The van der Waals surface area contributed by atoms with Crippen molar-refractivity contribution in [3.8, 4) is 11.3 Å². The first-order chi connectivity index (χ1) is 15.8. The number of aromatic amines is 1. The maximum Gasteiger partial charge on any atom is 0.322 e. The van der Waals surface area contributed by atoms with Crippen molar-refractivity contribution in [3.63, 3.8) is 0 Å². The summed E-state index contributed by atoms with van der Waals surface area (Å²) in [5.74, 6) is 0.143. The van der Waals surface area contributed by atoms with Crippen molar-refractivity contribution in [1.82, 2.24) is 24.6 Å². The van der Waals surface area contributed by atoms with Crippen LogP contribution in [0.25, 0.3) is 11.3 Å². The van der Waals surface area contributed by atoms with Crippen LogP contribution >= 0.6 is 0 Å². The molecule has 0 saturated carbocycles. The highest BCUT2D eigenvalue weighted by molar-refractivity contribution is 5.90. The molecular weight excluding hydrogens is 423 g/mol. The number of amides is 2. The molecule has 2 aromatic heterocycles. The quantitative estimate of drug-likeness (QED) is 0.486. The van der Waals surface area contributed by atoms with Crippen LogP contribution in [0.1, 0.15) is 23.0 Å². The molecule has 0 aliphatic heterocycles. The van der Waals surface area contributed by atoms with E-state index in [4.69, 9.17) is 0 Å². The Labute approximate surface area is 189 Å². The van der Waals surface area contributed by atoms with E-state index in [1.807, 2.05) is 0 Å². The first-order valence-electron chi connectivity index (χ1n) is 10.3. The van der Waals surface area contributed by atoms with Gasteiger partial charge in [-0.05, 0) is 36.8 Å². The number of halogens is 1. The van der Waals surface area contributed by atoms with Gasteiger partial charge in [0.05, 0.1) is 17.9 Å². The Balaban J connectivity index is 1.56. The summed E-state index contributed by atoms with van der Waals surface area (Å²) in [4.78, 5) is 33.2. The number of aromatic nitrogens is 4.